The van der Waals surface area contributed by atoms with E-state index >= 15 is 0 Å². The highest BCUT2D eigenvalue weighted by molar-refractivity contribution is 9.11. The lowest BCUT2D eigenvalue weighted by molar-refractivity contribution is 0.906. The lowest BCUT2D eigenvalue weighted by atomic mass is 10.1. The van der Waals surface area contributed by atoms with Gasteiger partial charge in [0.15, 0.2) is 0 Å². The molecular formula is C13H13BrClNS. The van der Waals surface area contributed by atoms with E-state index in [1.807, 2.05) is 12.1 Å². The minimum atomic E-state index is 0.255. The van der Waals surface area contributed by atoms with Crippen LogP contribution in [0.1, 0.15) is 23.4 Å². The van der Waals surface area contributed by atoms with Crippen LogP contribution in [0.15, 0.2) is 34.1 Å². The minimum Gasteiger partial charge on any atom is -0.376 e. The van der Waals surface area contributed by atoms with Crippen LogP contribution in [0, 0.1) is 6.92 Å². The van der Waals surface area contributed by atoms with E-state index in [9.17, 15) is 0 Å². The molecular weight excluding hydrogens is 318 g/mol. The molecule has 2 rings (SSSR count). The summed E-state index contributed by atoms with van der Waals surface area (Å²) in [6.07, 6.45) is 0. The fourth-order valence-corrected chi connectivity index (χ4v) is 3.37. The first-order valence-electron chi connectivity index (χ1n) is 5.35. The first-order valence-corrected chi connectivity index (χ1v) is 7.33. The van der Waals surface area contributed by atoms with Gasteiger partial charge in [-0.2, -0.15) is 0 Å². The summed E-state index contributed by atoms with van der Waals surface area (Å²) in [5, 5.41) is 4.24. The summed E-state index contributed by atoms with van der Waals surface area (Å²) >= 11 is 11.4. The van der Waals surface area contributed by atoms with Crippen molar-refractivity contribution in [3.63, 3.8) is 0 Å². The summed E-state index contributed by atoms with van der Waals surface area (Å²) < 4.78 is 1.15. The normalized spacial score (nSPS) is 12.5. The lowest BCUT2D eigenvalue weighted by Gasteiger charge is -2.17. The van der Waals surface area contributed by atoms with Gasteiger partial charge in [-0.25, -0.2) is 0 Å². The van der Waals surface area contributed by atoms with Crippen molar-refractivity contribution in [2.75, 3.05) is 5.32 Å². The number of thiophene rings is 1. The van der Waals surface area contributed by atoms with Gasteiger partial charge in [0, 0.05) is 4.88 Å². The third kappa shape index (κ3) is 3.03. The smallest absolute Gasteiger partial charge is 0.0702 e. The van der Waals surface area contributed by atoms with Crippen molar-refractivity contribution in [2.45, 2.75) is 19.9 Å². The Kier molecular flexibility index (Phi) is 4.13. The third-order valence-corrected chi connectivity index (χ3v) is 4.72. The Hall–Kier alpha value is -0.510. The van der Waals surface area contributed by atoms with E-state index in [0.29, 0.717) is 0 Å². The molecule has 0 aliphatic rings. The van der Waals surface area contributed by atoms with Crippen molar-refractivity contribution in [1.29, 1.82) is 0 Å². The van der Waals surface area contributed by atoms with E-state index in [4.69, 9.17) is 11.6 Å². The monoisotopic (exact) mass is 329 g/mol. The SMILES string of the molecule is Cc1cccc(Cl)c1NC(C)c1ccc(Br)s1. The van der Waals surface area contributed by atoms with E-state index in [-0.39, 0.29) is 6.04 Å². The average molecular weight is 331 g/mol. The third-order valence-electron chi connectivity index (χ3n) is 2.60. The number of hydrogen-bond donors (Lipinski definition) is 1. The number of anilines is 1. The Labute approximate surface area is 119 Å². The van der Waals surface area contributed by atoms with Crippen LogP contribution in [-0.2, 0) is 0 Å². The molecule has 0 saturated carbocycles. The summed E-state index contributed by atoms with van der Waals surface area (Å²) in [6.45, 7) is 4.20. The van der Waals surface area contributed by atoms with E-state index in [1.165, 1.54) is 10.4 Å². The van der Waals surface area contributed by atoms with Gasteiger partial charge in [-0.15, -0.1) is 11.3 Å². The summed E-state index contributed by atoms with van der Waals surface area (Å²) in [5.41, 5.74) is 2.19. The number of rotatable bonds is 3. The topological polar surface area (TPSA) is 12.0 Å². The average Bonchev–Trinajstić information content (AvgIpc) is 2.70. The predicted molar refractivity (Wildman–Crippen MR) is 80.2 cm³/mol. The second-order valence-electron chi connectivity index (χ2n) is 3.94. The Balaban J connectivity index is 2.21. The maximum absolute atomic E-state index is 6.20. The summed E-state index contributed by atoms with van der Waals surface area (Å²) in [5.74, 6) is 0. The minimum absolute atomic E-state index is 0.255. The number of nitrogens with one attached hydrogen (secondary N) is 1. The van der Waals surface area contributed by atoms with Crippen LogP contribution in [-0.4, -0.2) is 0 Å². The van der Waals surface area contributed by atoms with Crippen molar-refractivity contribution < 1.29 is 0 Å². The molecule has 0 amide bonds. The van der Waals surface area contributed by atoms with Gasteiger partial charge >= 0.3 is 0 Å². The van der Waals surface area contributed by atoms with Gasteiger partial charge in [-0.05, 0) is 53.5 Å². The van der Waals surface area contributed by atoms with Gasteiger partial charge in [0.1, 0.15) is 0 Å². The Morgan fingerprint density at radius 2 is 2.06 bits per heavy atom. The van der Waals surface area contributed by atoms with Crippen molar-refractivity contribution >= 4 is 44.6 Å². The zero-order valence-electron chi connectivity index (χ0n) is 9.63. The molecule has 0 bridgehead atoms. The van der Waals surface area contributed by atoms with Gasteiger partial charge in [0.25, 0.3) is 0 Å². The van der Waals surface area contributed by atoms with Crippen LogP contribution in [0.5, 0.6) is 0 Å². The molecule has 0 aliphatic carbocycles. The van der Waals surface area contributed by atoms with Gasteiger partial charge < -0.3 is 5.32 Å². The van der Waals surface area contributed by atoms with Crippen molar-refractivity contribution in [2.24, 2.45) is 0 Å². The molecule has 0 radical (unpaired) electrons. The molecule has 1 aromatic heterocycles. The molecule has 1 nitrogen and oxygen atoms in total. The number of halogens is 2. The number of para-hydroxylation sites is 1. The maximum Gasteiger partial charge on any atom is 0.0702 e. The largest absolute Gasteiger partial charge is 0.376 e. The van der Waals surface area contributed by atoms with E-state index in [1.54, 1.807) is 11.3 Å². The lowest BCUT2D eigenvalue weighted by Crippen LogP contribution is -2.06. The molecule has 0 saturated heterocycles. The highest BCUT2D eigenvalue weighted by Gasteiger charge is 2.11. The van der Waals surface area contributed by atoms with Crippen LogP contribution < -0.4 is 5.32 Å². The molecule has 1 N–H and O–H groups in total. The first-order chi connectivity index (χ1) is 8.08. The van der Waals surface area contributed by atoms with Crippen molar-refractivity contribution in [1.82, 2.24) is 0 Å². The Bertz CT molecular complexity index is 504. The van der Waals surface area contributed by atoms with Gasteiger partial charge in [-0.1, -0.05) is 23.7 Å². The molecule has 1 heterocycles. The predicted octanol–water partition coefficient (Wildman–Crippen LogP) is 5.65. The maximum atomic E-state index is 6.20. The van der Waals surface area contributed by atoms with Crippen LogP contribution >= 0.6 is 38.9 Å². The second-order valence-corrected chi connectivity index (χ2v) is 6.84. The molecule has 1 unspecified atom stereocenters. The number of benzene rings is 1. The quantitative estimate of drug-likeness (QED) is 0.767. The molecule has 1 aromatic carbocycles. The van der Waals surface area contributed by atoms with Crippen LogP contribution in [0.25, 0.3) is 0 Å². The molecule has 90 valence electrons. The van der Waals surface area contributed by atoms with Crippen LogP contribution in [0.3, 0.4) is 0 Å². The second kappa shape index (κ2) is 5.42. The van der Waals surface area contributed by atoms with Crippen LogP contribution in [0.4, 0.5) is 5.69 Å². The fraction of sp³-hybridized carbons (Fsp3) is 0.231. The Morgan fingerprint density at radius 1 is 1.29 bits per heavy atom. The molecule has 4 heteroatoms. The first kappa shape index (κ1) is 12.9. The van der Waals surface area contributed by atoms with E-state index in [0.717, 1.165) is 14.5 Å². The van der Waals surface area contributed by atoms with Crippen LogP contribution in [0.2, 0.25) is 5.02 Å². The van der Waals surface area contributed by atoms with Gasteiger partial charge in [-0.3, -0.25) is 0 Å². The number of hydrogen-bond acceptors (Lipinski definition) is 2. The van der Waals surface area contributed by atoms with E-state index < -0.39 is 0 Å². The zero-order valence-corrected chi connectivity index (χ0v) is 12.8. The number of aryl methyl sites for hydroxylation is 1. The zero-order chi connectivity index (χ0) is 12.4. The summed E-state index contributed by atoms with van der Waals surface area (Å²) in [4.78, 5) is 1.29. The molecule has 2 aromatic rings. The van der Waals surface area contributed by atoms with Crippen molar-refractivity contribution in [3.05, 3.63) is 49.6 Å². The Morgan fingerprint density at radius 3 is 2.65 bits per heavy atom. The molecule has 0 fully saturated rings. The standard InChI is InChI=1S/C13H13BrClNS/c1-8-4-3-5-10(15)13(8)16-9(2)11-6-7-12(14)17-11/h3-7,9,16H,1-2H3. The van der Waals surface area contributed by atoms with Gasteiger partial charge in [0.05, 0.1) is 20.5 Å². The summed E-state index contributed by atoms with van der Waals surface area (Å²) in [6, 6.07) is 10.4. The highest BCUT2D eigenvalue weighted by Crippen LogP contribution is 2.32. The highest BCUT2D eigenvalue weighted by atomic mass is 79.9. The summed E-state index contributed by atoms with van der Waals surface area (Å²) in [7, 11) is 0. The molecule has 17 heavy (non-hydrogen) atoms. The molecule has 0 aliphatic heterocycles. The molecule has 1 atom stereocenters. The van der Waals surface area contributed by atoms with Crippen molar-refractivity contribution in [3.8, 4) is 0 Å². The fourth-order valence-electron chi connectivity index (χ4n) is 1.66. The molecule has 0 spiro atoms. The van der Waals surface area contributed by atoms with Gasteiger partial charge in [0.2, 0.25) is 0 Å². The van der Waals surface area contributed by atoms with E-state index in [2.05, 4.69) is 53.3 Å².